The number of aromatic nitrogens is 2. The van der Waals surface area contributed by atoms with Crippen molar-refractivity contribution in [1.82, 2.24) is 15.1 Å². The maximum absolute atomic E-state index is 13.5. The van der Waals surface area contributed by atoms with Crippen LogP contribution in [-0.2, 0) is 12.8 Å². The SMILES string of the molecule is CCc1ccc(C2c3c(-c4ccc(Cl)cc4)n[nH]c3C(=O)N2CCc2ccccc2)cc1. The molecule has 0 bridgehead atoms. The van der Waals surface area contributed by atoms with E-state index in [2.05, 4.69) is 53.5 Å². The molecule has 1 atom stereocenters. The van der Waals surface area contributed by atoms with Crippen LogP contribution in [0.15, 0.2) is 78.9 Å². The lowest BCUT2D eigenvalue weighted by molar-refractivity contribution is 0.0746. The molecule has 0 fully saturated rings. The zero-order valence-electron chi connectivity index (χ0n) is 17.9. The van der Waals surface area contributed by atoms with E-state index >= 15 is 0 Å². The highest BCUT2D eigenvalue weighted by Crippen LogP contribution is 2.43. The van der Waals surface area contributed by atoms with E-state index in [0.29, 0.717) is 17.3 Å². The Hall–Kier alpha value is -3.37. The second-order valence-corrected chi connectivity index (χ2v) is 8.54. The van der Waals surface area contributed by atoms with Gasteiger partial charge in [-0.15, -0.1) is 0 Å². The smallest absolute Gasteiger partial charge is 0.273 e. The molecule has 0 radical (unpaired) electrons. The van der Waals surface area contributed by atoms with E-state index in [0.717, 1.165) is 35.2 Å². The summed E-state index contributed by atoms with van der Waals surface area (Å²) >= 11 is 6.10. The Balaban J connectivity index is 1.57. The lowest BCUT2D eigenvalue weighted by atomic mass is 9.95. The van der Waals surface area contributed by atoms with Gasteiger partial charge in [-0.1, -0.05) is 85.3 Å². The molecule has 4 aromatic rings. The third-order valence-corrected chi connectivity index (χ3v) is 6.42. The molecule has 0 aliphatic carbocycles. The number of carbonyl (C=O) groups excluding carboxylic acids is 1. The molecular weight excluding hydrogens is 418 g/mol. The van der Waals surface area contributed by atoms with Crippen molar-refractivity contribution in [2.24, 2.45) is 0 Å². The summed E-state index contributed by atoms with van der Waals surface area (Å²) in [6, 6.07) is 26.3. The molecule has 1 aromatic heterocycles. The first-order chi connectivity index (χ1) is 15.7. The van der Waals surface area contributed by atoms with Gasteiger partial charge in [-0.25, -0.2) is 0 Å². The molecule has 1 N–H and O–H groups in total. The Morgan fingerprint density at radius 2 is 1.66 bits per heavy atom. The van der Waals surface area contributed by atoms with Gasteiger partial charge in [-0.2, -0.15) is 5.10 Å². The van der Waals surface area contributed by atoms with Gasteiger partial charge >= 0.3 is 0 Å². The van der Waals surface area contributed by atoms with E-state index < -0.39 is 0 Å². The van der Waals surface area contributed by atoms with Crippen molar-refractivity contribution in [2.45, 2.75) is 25.8 Å². The predicted octanol–water partition coefficient (Wildman–Crippen LogP) is 6.08. The molecule has 1 unspecified atom stereocenters. The molecule has 0 saturated carbocycles. The van der Waals surface area contributed by atoms with Gasteiger partial charge in [0.05, 0.1) is 11.7 Å². The van der Waals surface area contributed by atoms with Crippen LogP contribution in [0.2, 0.25) is 5.02 Å². The fourth-order valence-electron chi connectivity index (χ4n) is 4.43. The predicted molar refractivity (Wildman–Crippen MR) is 128 cm³/mol. The summed E-state index contributed by atoms with van der Waals surface area (Å²) < 4.78 is 0. The normalized spacial score (nSPS) is 15.2. The Morgan fingerprint density at radius 1 is 0.938 bits per heavy atom. The van der Waals surface area contributed by atoms with Crippen LogP contribution in [0.4, 0.5) is 0 Å². The van der Waals surface area contributed by atoms with Crippen molar-refractivity contribution < 1.29 is 4.79 Å². The number of nitrogens with zero attached hydrogens (tertiary/aromatic N) is 2. The number of nitrogens with one attached hydrogen (secondary N) is 1. The third kappa shape index (κ3) is 3.71. The molecule has 0 spiro atoms. The topological polar surface area (TPSA) is 49.0 Å². The summed E-state index contributed by atoms with van der Waals surface area (Å²) in [7, 11) is 0. The summed E-state index contributed by atoms with van der Waals surface area (Å²) in [6.45, 7) is 2.78. The van der Waals surface area contributed by atoms with Crippen LogP contribution in [0.1, 0.15) is 45.7 Å². The van der Waals surface area contributed by atoms with Gasteiger partial charge in [-0.3, -0.25) is 9.89 Å². The first-order valence-electron chi connectivity index (χ1n) is 10.9. The number of rotatable bonds is 6. The zero-order chi connectivity index (χ0) is 22.1. The van der Waals surface area contributed by atoms with Gasteiger partial charge in [0.2, 0.25) is 0 Å². The Morgan fingerprint density at radius 3 is 2.34 bits per heavy atom. The average Bonchev–Trinajstić information content (AvgIpc) is 3.38. The van der Waals surface area contributed by atoms with E-state index in [9.17, 15) is 4.79 Å². The van der Waals surface area contributed by atoms with Crippen molar-refractivity contribution in [1.29, 1.82) is 0 Å². The summed E-state index contributed by atoms with van der Waals surface area (Å²) in [5.41, 5.74) is 6.85. The Labute approximate surface area is 192 Å². The van der Waals surface area contributed by atoms with Crippen molar-refractivity contribution >= 4 is 17.5 Å². The van der Waals surface area contributed by atoms with E-state index in [4.69, 9.17) is 11.6 Å². The number of H-pyrrole nitrogens is 1. The highest BCUT2D eigenvalue weighted by molar-refractivity contribution is 6.30. The first kappa shape index (κ1) is 20.5. The van der Waals surface area contributed by atoms with Gasteiger partial charge in [0.25, 0.3) is 5.91 Å². The molecule has 2 heterocycles. The molecule has 1 aliphatic rings. The zero-order valence-corrected chi connectivity index (χ0v) is 18.6. The van der Waals surface area contributed by atoms with Crippen molar-refractivity contribution in [3.8, 4) is 11.3 Å². The largest absolute Gasteiger partial charge is 0.326 e. The summed E-state index contributed by atoms with van der Waals surface area (Å²) in [6.07, 6.45) is 1.78. The number of fused-ring (bicyclic) bond motifs is 1. The van der Waals surface area contributed by atoms with Crippen molar-refractivity contribution in [3.05, 3.63) is 112 Å². The third-order valence-electron chi connectivity index (χ3n) is 6.17. The molecule has 5 heteroatoms. The quantitative estimate of drug-likeness (QED) is 0.394. The number of hydrogen-bond acceptors (Lipinski definition) is 2. The monoisotopic (exact) mass is 441 g/mol. The average molecular weight is 442 g/mol. The minimum Gasteiger partial charge on any atom is -0.326 e. The molecule has 32 heavy (non-hydrogen) atoms. The highest BCUT2D eigenvalue weighted by atomic mass is 35.5. The van der Waals surface area contributed by atoms with Crippen LogP contribution in [-0.4, -0.2) is 27.5 Å². The molecule has 0 saturated heterocycles. The highest BCUT2D eigenvalue weighted by Gasteiger charge is 2.41. The Kier molecular flexibility index (Phi) is 5.54. The number of aromatic amines is 1. The number of aryl methyl sites for hydroxylation is 1. The summed E-state index contributed by atoms with van der Waals surface area (Å²) in [5.74, 6) is -0.00628. The first-order valence-corrected chi connectivity index (χ1v) is 11.3. The summed E-state index contributed by atoms with van der Waals surface area (Å²) in [5, 5.41) is 8.23. The lowest BCUT2D eigenvalue weighted by Gasteiger charge is -2.26. The maximum Gasteiger partial charge on any atom is 0.273 e. The fraction of sp³-hybridized carbons (Fsp3) is 0.185. The summed E-state index contributed by atoms with van der Waals surface area (Å²) in [4.78, 5) is 15.4. The second-order valence-electron chi connectivity index (χ2n) is 8.10. The molecule has 3 aromatic carbocycles. The van der Waals surface area contributed by atoms with Gasteiger partial charge in [0.1, 0.15) is 5.69 Å². The molecule has 1 amide bonds. The lowest BCUT2D eigenvalue weighted by Crippen LogP contribution is -2.31. The van der Waals surface area contributed by atoms with Crippen molar-refractivity contribution in [3.63, 3.8) is 0 Å². The van der Waals surface area contributed by atoms with Crippen LogP contribution >= 0.6 is 11.6 Å². The molecule has 5 rings (SSSR count). The number of benzene rings is 3. The van der Waals surface area contributed by atoms with Gasteiger partial charge < -0.3 is 4.90 Å². The fourth-order valence-corrected chi connectivity index (χ4v) is 4.56. The molecular formula is C27H24ClN3O. The minimum absolute atomic E-state index is 0.00628. The Bertz CT molecular complexity index is 1230. The van der Waals surface area contributed by atoms with Crippen LogP contribution in [0.5, 0.6) is 0 Å². The maximum atomic E-state index is 13.5. The van der Waals surface area contributed by atoms with Gasteiger partial charge in [0.15, 0.2) is 0 Å². The molecule has 160 valence electrons. The van der Waals surface area contributed by atoms with Gasteiger partial charge in [0, 0.05) is 22.7 Å². The van der Waals surface area contributed by atoms with E-state index in [1.54, 1.807) is 0 Å². The van der Waals surface area contributed by atoms with Crippen LogP contribution < -0.4 is 0 Å². The van der Waals surface area contributed by atoms with E-state index in [1.165, 1.54) is 11.1 Å². The van der Waals surface area contributed by atoms with Gasteiger partial charge in [-0.05, 0) is 41.7 Å². The standard InChI is InChI=1S/C27H24ClN3O/c1-2-18-8-10-21(11-9-18)26-23-24(20-12-14-22(28)15-13-20)29-30-25(23)27(32)31(26)17-16-19-6-4-3-5-7-19/h3-15,26H,2,16-17H2,1H3,(H,29,30). The van der Waals surface area contributed by atoms with E-state index in [1.807, 2.05) is 47.4 Å². The van der Waals surface area contributed by atoms with Crippen LogP contribution in [0.25, 0.3) is 11.3 Å². The second kappa shape index (κ2) is 8.64. The number of carbonyl (C=O) groups is 1. The number of hydrogen-bond donors (Lipinski definition) is 1. The van der Waals surface area contributed by atoms with E-state index in [-0.39, 0.29) is 11.9 Å². The molecule has 4 nitrogen and oxygen atoms in total. The number of halogens is 1. The van der Waals surface area contributed by atoms with Crippen LogP contribution in [0, 0.1) is 0 Å². The molecule has 1 aliphatic heterocycles. The van der Waals surface area contributed by atoms with Crippen LogP contribution in [0.3, 0.4) is 0 Å². The minimum atomic E-state index is -0.184. The van der Waals surface area contributed by atoms with Crippen molar-refractivity contribution in [2.75, 3.05) is 6.54 Å². The number of amides is 1.